The van der Waals surface area contributed by atoms with Crippen LogP contribution in [0.25, 0.3) is 10.8 Å². The maximum absolute atomic E-state index is 8.93. The third kappa shape index (κ3) is 2.43. The quantitative estimate of drug-likeness (QED) is 0.603. The Hall–Kier alpha value is -1.92. The number of hydrogen-bond donors (Lipinski definition) is 2. The second-order valence-electron chi connectivity index (χ2n) is 3.35. The molecule has 0 fully saturated rings. The number of nitrogens with one attached hydrogen (secondary N) is 1. The number of nitrogens with zero attached hydrogens (tertiary/aromatic N) is 2. The first-order valence-corrected chi connectivity index (χ1v) is 5.14. The largest absolute Gasteiger partial charge is 0.474 e. The lowest BCUT2D eigenvalue weighted by Crippen LogP contribution is -2.07. The number of anilines is 1. The number of benzene rings is 1. The van der Waals surface area contributed by atoms with Crippen molar-refractivity contribution in [1.82, 2.24) is 10.2 Å². The van der Waals surface area contributed by atoms with Crippen molar-refractivity contribution in [2.45, 2.75) is 0 Å². The summed E-state index contributed by atoms with van der Waals surface area (Å²) in [6.45, 7) is 0.886. The molecule has 0 radical (unpaired) electrons. The Morgan fingerprint density at radius 3 is 2.65 bits per heavy atom. The fraction of sp³-hybridized carbons (Fsp3) is 0.273. The molecular formula is C11H13N3O3. The zero-order valence-electron chi connectivity index (χ0n) is 9.38. The molecule has 90 valence electrons. The van der Waals surface area contributed by atoms with Crippen LogP contribution in [0.15, 0.2) is 24.3 Å². The summed E-state index contributed by atoms with van der Waals surface area (Å²) in [5, 5.41) is 18.2. The highest BCUT2D eigenvalue weighted by atomic mass is 16.5. The molecule has 2 N–H and O–H groups in total. The molecule has 0 saturated carbocycles. The highest BCUT2D eigenvalue weighted by Gasteiger charge is 2.08. The highest BCUT2D eigenvalue weighted by molar-refractivity contribution is 5.94. The van der Waals surface area contributed by atoms with Crippen molar-refractivity contribution in [3.05, 3.63) is 24.3 Å². The van der Waals surface area contributed by atoms with Crippen molar-refractivity contribution in [3.8, 4) is 5.88 Å². The Kier molecular flexibility index (Phi) is 3.69. The van der Waals surface area contributed by atoms with Crippen LogP contribution in [-0.2, 0) is 4.74 Å². The van der Waals surface area contributed by atoms with Crippen LogP contribution in [0, 0.1) is 0 Å². The molecule has 17 heavy (non-hydrogen) atoms. The van der Waals surface area contributed by atoms with E-state index in [1.807, 2.05) is 29.7 Å². The zero-order valence-corrected chi connectivity index (χ0v) is 9.38. The second-order valence-corrected chi connectivity index (χ2v) is 3.35. The molecule has 1 aromatic carbocycles. The predicted octanol–water partition coefficient (Wildman–Crippen LogP) is 1.46. The molecule has 1 heterocycles. The van der Waals surface area contributed by atoms with Gasteiger partial charge in [-0.3, -0.25) is 10.7 Å². The van der Waals surface area contributed by atoms with Crippen LogP contribution in [0.5, 0.6) is 5.88 Å². The summed E-state index contributed by atoms with van der Waals surface area (Å²) in [7, 11) is 1.60. The molecule has 6 nitrogen and oxygen atoms in total. The lowest BCUT2D eigenvalue weighted by Gasteiger charge is -2.08. The molecule has 0 aliphatic carbocycles. The first-order valence-electron chi connectivity index (χ1n) is 5.14. The third-order valence-corrected chi connectivity index (χ3v) is 2.29. The van der Waals surface area contributed by atoms with Gasteiger partial charge in [-0.15, -0.1) is 10.2 Å². The fourth-order valence-corrected chi connectivity index (χ4v) is 1.49. The minimum absolute atomic E-state index is 0.305. The van der Waals surface area contributed by atoms with E-state index in [9.17, 15) is 0 Å². The Morgan fingerprint density at radius 1 is 1.18 bits per heavy atom. The average molecular weight is 235 g/mol. The van der Waals surface area contributed by atoms with E-state index in [1.54, 1.807) is 7.11 Å². The molecule has 0 bridgehead atoms. The van der Waals surface area contributed by atoms with Gasteiger partial charge in [0.15, 0.2) is 5.82 Å². The molecule has 0 aliphatic heterocycles. The molecule has 1 aromatic heterocycles. The smallest absolute Gasteiger partial charge is 0.241 e. The summed E-state index contributed by atoms with van der Waals surface area (Å²) >= 11 is 0. The zero-order chi connectivity index (χ0) is 12.1. The molecule has 0 unspecified atom stereocenters. The Labute approximate surface area is 98.1 Å². The number of ether oxygens (including phenoxy) is 2. The van der Waals surface area contributed by atoms with E-state index in [0.717, 1.165) is 10.8 Å². The van der Waals surface area contributed by atoms with Gasteiger partial charge in [-0.05, 0) is 6.07 Å². The van der Waals surface area contributed by atoms with Crippen molar-refractivity contribution < 1.29 is 14.7 Å². The SMILES string of the molecule is COCCOc1nnc(NO)c2ccccc12. The van der Waals surface area contributed by atoms with Crippen molar-refractivity contribution in [2.24, 2.45) is 0 Å². The predicted molar refractivity (Wildman–Crippen MR) is 62.3 cm³/mol. The van der Waals surface area contributed by atoms with Gasteiger partial charge in [0, 0.05) is 17.9 Å². The van der Waals surface area contributed by atoms with Crippen molar-refractivity contribution in [2.75, 3.05) is 25.8 Å². The molecule has 6 heteroatoms. The molecule has 0 aliphatic rings. The van der Waals surface area contributed by atoms with Crippen LogP contribution in [0.3, 0.4) is 0 Å². The molecule has 0 amide bonds. The van der Waals surface area contributed by atoms with E-state index in [2.05, 4.69) is 10.2 Å². The summed E-state index contributed by atoms with van der Waals surface area (Å²) < 4.78 is 10.3. The van der Waals surface area contributed by atoms with Crippen LogP contribution in [0.2, 0.25) is 0 Å². The maximum atomic E-state index is 8.93. The summed E-state index contributed by atoms with van der Waals surface area (Å²) in [6.07, 6.45) is 0. The molecule has 0 saturated heterocycles. The minimum Gasteiger partial charge on any atom is -0.474 e. The van der Waals surface area contributed by atoms with Crippen LogP contribution in [0.4, 0.5) is 5.82 Å². The van der Waals surface area contributed by atoms with Gasteiger partial charge in [0.25, 0.3) is 0 Å². The van der Waals surface area contributed by atoms with Crippen molar-refractivity contribution in [1.29, 1.82) is 0 Å². The number of rotatable bonds is 5. The van der Waals surface area contributed by atoms with Gasteiger partial charge in [0.2, 0.25) is 5.88 Å². The molecule has 2 aromatic rings. The Bertz CT molecular complexity index is 504. The Balaban J connectivity index is 2.37. The van der Waals surface area contributed by atoms with Gasteiger partial charge >= 0.3 is 0 Å². The standard InChI is InChI=1S/C11H13N3O3/c1-16-6-7-17-11-9-5-3-2-4-8(9)10(14-15)12-13-11/h2-5,15H,6-7H2,1H3,(H,12,14). The van der Waals surface area contributed by atoms with E-state index in [1.165, 1.54) is 0 Å². The van der Waals surface area contributed by atoms with Crippen LogP contribution in [-0.4, -0.2) is 35.7 Å². The van der Waals surface area contributed by atoms with E-state index in [-0.39, 0.29) is 0 Å². The van der Waals surface area contributed by atoms with E-state index in [0.29, 0.717) is 24.9 Å². The number of methoxy groups -OCH3 is 1. The second kappa shape index (κ2) is 5.42. The van der Waals surface area contributed by atoms with E-state index < -0.39 is 0 Å². The maximum Gasteiger partial charge on any atom is 0.241 e. The third-order valence-electron chi connectivity index (χ3n) is 2.29. The van der Waals surface area contributed by atoms with Gasteiger partial charge in [-0.1, -0.05) is 18.2 Å². The minimum atomic E-state index is 0.305. The topological polar surface area (TPSA) is 76.5 Å². The van der Waals surface area contributed by atoms with E-state index in [4.69, 9.17) is 14.7 Å². The number of aromatic nitrogens is 2. The first-order chi connectivity index (χ1) is 8.36. The van der Waals surface area contributed by atoms with Gasteiger partial charge in [-0.25, -0.2) is 0 Å². The summed E-state index contributed by atoms with van der Waals surface area (Å²) in [5.41, 5.74) is 2.01. The monoisotopic (exact) mass is 235 g/mol. The lowest BCUT2D eigenvalue weighted by atomic mass is 10.2. The average Bonchev–Trinajstić information content (AvgIpc) is 2.39. The van der Waals surface area contributed by atoms with Crippen molar-refractivity contribution >= 4 is 16.6 Å². The van der Waals surface area contributed by atoms with E-state index >= 15 is 0 Å². The van der Waals surface area contributed by atoms with Crippen LogP contribution in [0.1, 0.15) is 0 Å². The fourth-order valence-electron chi connectivity index (χ4n) is 1.49. The molecule has 2 rings (SSSR count). The number of hydrogen-bond acceptors (Lipinski definition) is 6. The van der Waals surface area contributed by atoms with Gasteiger partial charge in [0.05, 0.1) is 6.61 Å². The lowest BCUT2D eigenvalue weighted by molar-refractivity contribution is 0.144. The van der Waals surface area contributed by atoms with Crippen molar-refractivity contribution in [3.63, 3.8) is 0 Å². The highest BCUT2D eigenvalue weighted by Crippen LogP contribution is 2.26. The summed E-state index contributed by atoms with van der Waals surface area (Å²) in [6, 6.07) is 7.40. The number of fused-ring (bicyclic) bond motifs is 1. The summed E-state index contributed by atoms with van der Waals surface area (Å²) in [4.78, 5) is 0. The van der Waals surface area contributed by atoms with Gasteiger partial charge in [-0.2, -0.15) is 0 Å². The normalized spacial score (nSPS) is 10.5. The first kappa shape index (κ1) is 11.6. The van der Waals surface area contributed by atoms with Gasteiger partial charge < -0.3 is 9.47 Å². The van der Waals surface area contributed by atoms with Crippen LogP contribution >= 0.6 is 0 Å². The molecular weight excluding hydrogens is 222 g/mol. The van der Waals surface area contributed by atoms with Gasteiger partial charge in [0.1, 0.15) is 6.61 Å². The Morgan fingerprint density at radius 2 is 1.94 bits per heavy atom. The molecule has 0 atom stereocenters. The summed E-state index contributed by atoms with van der Waals surface area (Å²) in [5.74, 6) is 0.733. The van der Waals surface area contributed by atoms with Crippen LogP contribution < -0.4 is 10.2 Å². The molecule has 0 spiro atoms.